The summed E-state index contributed by atoms with van der Waals surface area (Å²) in [6.45, 7) is 4.10. The first-order valence-corrected chi connectivity index (χ1v) is 6.14. The predicted octanol–water partition coefficient (Wildman–Crippen LogP) is 3.36. The van der Waals surface area contributed by atoms with Crippen LogP contribution < -0.4 is 0 Å². The van der Waals surface area contributed by atoms with E-state index in [1.54, 1.807) is 7.11 Å². The van der Waals surface area contributed by atoms with Gasteiger partial charge in [0.1, 0.15) is 5.15 Å². The first-order valence-electron chi connectivity index (χ1n) is 5.39. The lowest BCUT2D eigenvalue weighted by Gasteiger charge is -2.22. The molecule has 1 heterocycles. The van der Waals surface area contributed by atoms with Gasteiger partial charge in [0.15, 0.2) is 0 Å². The van der Waals surface area contributed by atoms with Gasteiger partial charge in [-0.1, -0.05) is 23.2 Å². The maximum Gasteiger partial charge on any atom is 0.339 e. The van der Waals surface area contributed by atoms with Gasteiger partial charge in [0.2, 0.25) is 0 Å². The number of aromatic nitrogens is 1. The molecule has 18 heavy (non-hydrogen) atoms. The molecule has 0 aromatic carbocycles. The Morgan fingerprint density at radius 3 is 2.67 bits per heavy atom. The smallest absolute Gasteiger partial charge is 0.339 e. The van der Waals surface area contributed by atoms with E-state index >= 15 is 0 Å². The van der Waals surface area contributed by atoms with Gasteiger partial charge in [-0.25, -0.2) is 9.78 Å². The average Bonchev–Trinajstić information content (AvgIpc) is 2.32. The molecule has 0 bridgehead atoms. The van der Waals surface area contributed by atoms with Crippen molar-refractivity contribution in [1.82, 2.24) is 4.98 Å². The van der Waals surface area contributed by atoms with Crippen LogP contribution in [0, 0.1) is 0 Å². The van der Waals surface area contributed by atoms with E-state index in [0.717, 1.165) is 0 Å². The van der Waals surface area contributed by atoms with E-state index in [1.165, 1.54) is 12.3 Å². The number of methoxy groups -OCH3 is 1. The van der Waals surface area contributed by atoms with Gasteiger partial charge < -0.3 is 9.47 Å². The summed E-state index contributed by atoms with van der Waals surface area (Å²) >= 11 is 11.4. The van der Waals surface area contributed by atoms with Gasteiger partial charge in [0.05, 0.1) is 22.8 Å². The number of hydrogen-bond donors (Lipinski definition) is 0. The third kappa shape index (κ3) is 4.44. The van der Waals surface area contributed by atoms with Crippen molar-refractivity contribution >= 4 is 29.2 Å². The minimum atomic E-state index is -0.479. The predicted molar refractivity (Wildman–Crippen MR) is 70.2 cm³/mol. The molecule has 0 atom stereocenters. The summed E-state index contributed by atoms with van der Waals surface area (Å²) < 4.78 is 10.3. The minimum Gasteiger partial charge on any atom is -0.462 e. The fraction of sp³-hybridized carbons (Fsp3) is 0.500. The molecule has 0 spiro atoms. The number of nitrogens with zero attached hydrogens (tertiary/aromatic N) is 1. The fourth-order valence-corrected chi connectivity index (χ4v) is 1.38. The molecule has 100 valence electrons. The molecule has 0 N–H and O–H groups in total. The average molecular weight is 292 g/mol. The van der Waals surface area contributed by atoms with Gasteiger partial charge in [-0.05, 0) is 19.9 Å². The number of ether oxygens (including phenoxy) is 2. The van der Waals surface area contributed by atoms with Crippen LogP contribution in [0.25, 0.3) is 0 Å². The summed E-state index contributed by atoms with van der Waals surface area (Å²) in [4.78, 5) is 15.5. The topological polar surface area (TPSA) is 48.4 Å². The van der Waals surface area contributed by atoms with Gasteiger partial charge in [0, 0.05) is 19.7 Å². The Labute approximate surface area is 116 Å². The van der Waals surface area contributed by atoms with E-state index in [2.05, 4.69) is 4.98 Å². The largest absolute Gasteiger partial charge is 0.462 e. The Morgan fingerprint density at radius 2 is 2.11 bits per heavy atom. The van der Waals surface area contributed by atoms with Gasteiger partial charge in [0.25, 0.3) is 0 Å². The zero-order valence-electron chi connectivity index (χ0n) is 10.5. The number of carbonyl (C=O) groups is 1. The highest BCUT2D eigenvalue weighted by Gasteiger charge is 2.17. The van der Waals surface area contributed by atoms with Crippen molar-refractivity contribution in [3.8, 4) is 0 Å². The Balaban J connectivity index is 2.53. The Morgan fingerprint density at radius 1 is 1.44 bits per heavy atom. The van der Waals surface area contributed by atoms with Gasteiger partial charge in [-0.2, -0.15) is 0 Å². The van der Waals surface area contributed by atoms with Crippen molar-refractivity contribution in [3.63, 3.8) is 0 Å². The maximum absolute atomic E-state index is 11.7. The first kappa shape index (κ1) is 15.2. The summed E-state index contributed by atoms with van der Waals surface area (Å²) in [6.07, 6.45) is 1.93. The normalized spacial score (nSPS) is 11.4. The van der Waals surface area contributed by atoms with E-state index in [0.29, 0.717) is 6.42 Å². The zero-order chi connectivity index (χ0) is 13.8. The quantitative estimate of drug-likeness (QED) is 0.616. The summed E-state index contributed by atoms with van der Waals surface area (Å²) in [5, 5.41) is 0.386. The summed E-state index contributed by atoms with van der Waals surface area (Å²) in [5.74, 6) is -0.479. The van der Waals surface area contributed by atoms with Crippen molar-refractivity contribution in [2.45, 2.75) is 25.9 Å². The number of carbonyl (C=O) groups excluding carboxylic acids is 1. The second kappa shape index (κ2) is 6.36. The van der Waals surface area contributed by atoms with Crippen molar-refractivity contribution in [2.75, 3.05) is 13.7 Å². The molecule has 0 unspecified atom stereocenters. The monoisotopic (exact) mass is 291 g/mol. The van der Waals surface area contributed by atoms with Gasteiger partial charge in [-0.15, -0.1) is 0 Å². The number of pyridine rings is 1. The second-order valence-electron chi connectivity index (χ2n) is 4.35. The third-order valence-electron chi connectivity index (χ3n) is 2.52. The number of hydrogen-bond acceptors (Lipinski definition) is 4. The highest BCUT2D eigenvalue weighted by molar-refractivity contribution is 6.41. The first-order chi connectivity index (χ1) is 8.35. The second-order valence-corrected chi connectivity index (χ2v) is 5.11. The SMILES string of the molecule is COC(C)(C)CCOC(=O)c1cnc(Cl)c(Cl)c1. The molecule has 0 radical (unpaired) electrons. The molecule has 0 aliphatic carbocycles. The number of halogens is 2. The molecule has 0 saturated heterocycles. The molecule has 0 amide bonds. The van der Waals surface area contributed by atoms with Crippen molar-refractivity contribution in [1.29, 1.82) is 0 Å². The summed E-state index contributed by atoms with van der Waals surface area (Å²) in [6, 6.07) is 1.43. The molecule has 0 aliphatic heterocycles. The summed E-state index contributed by atoms with van der Waals surface area (Å²) in [5.41, 5.74) is -0.0458. The van der Waals surface area contributed by atoms with Crippen molar-refractivity contribution in [2.24, 2.45) is 0 Å². The Kier molecular flexibility index (Phi) is 5.38. The number of rotatable bonds is 5. The summed E-state index contributed by atoms with van der Waals surface area (Å²) in [7, 11) is 1.62. The molecular formula is C12H15Cl2NO3. The lowest BCUT2D eigenvalue weighted by atomic mass is 10.1. The van der Waals surface area contributed by atoms with E-state index in [-0.39, 0.29) is 27.9 Å². The third-order valence-corrected chi connectivity index (χ3v) is 3.21. The maximum atomic E-state index is 11.7. The van der Waals surface area contributed by atoms with Crippen LogP contribution in [0.15, 0.2) is 12.3 Å². The standard InChI is InChI=1S/C12H15Cl2NO3/c1-12(2,17-3)4-5-18-11(16)8-6-9(13)10(14)15-7-8/h6-7H,4-5H2,1-3H3. The molecule has 1 aromatic rings. The van der Waals surface area contributed by atoms with Gasteiger partial charge in [-0.3, -0.25) is 0 Å². The lowest BCUT2D eigenvalue weighted by molar-refractivity contribution is -0.00564. The fourth-order valence-electron chi connectivity index (χ4n) is 1.11. The van der Waals surface area contributed by atoms with Crippen LogP contribution in [0.3, 0.4) is 0 Å². The van der Waals surface area contributed by atoms with Crippen LogP contribution in [-0.2, 0) is 9.47 Å². The van der Waals surface area contributed by atoms with Crippen LogP contribution >= 0.6 is 23.2 Å². The molecular weight excluding hydrogens is 277 g/mol. The van der Waals surface area contributed by atoms with E-state index in [1.807, 2.05) is 13.8 Å². The highest BCUT2D eigenvalue weighted by atomic mass is 35.5. The molecule has 0 aliphatic rings. The van der Waals surface area contributed by atoms with Crippen LogP contribution in [0.1, 0.15) is 30.6 Å². The zero-order valence-corrected chi connectivity index (χ0v) is 12.0. The van der Waals surface area contributed by atoms with Crippen molar-refractivity contribution in [3.05, 3.63) is 28.0 Å². The Hall–Kier alpha value is -0.840. The van der Waals surface area contributed by atoms with E-state index in [9.17, 15) is 4.79 Å². The molecule has 1 rings (SSSR count). The Bertz CT molecular complexity index is 435. The molecule has 6 heteroatoms. The van der Waals surface area contributed by atoms with Crippen LogP contribution in [0.5, 0.6) is 0 Å². The van der Waals surface area contributed by atoms with Crippen molar-refractivity contribution < 1.29 is 14.3 Å². The molecule has 0 saturated carbocycles. The molecule has 1 aromatic heterocycles. The van der Waals surface area contributed by atoms with Crippen LogP contribution in [0.4, 0.5) is 0 Å². The van der Waals surface area contributed by atoms with E-state index < -0.39 is 5.97 Å². The lowest BCUT2D eigenvalue weighted by Crippen LogP contribution is -2.25. The minimum absolute atomic E-state index is 0.161. The van der Waals surface area contributed by atoms with Gasteiger partial charge >= 0.3 is 5.97 Å². The number of esters is 1. The van der Waals surface area contributed by atoms with Crippen LogP contribution in [-0.4, -0.2) is 30.3 Å². The molecule has 0 fully saturated rings. The highest BCUT2D eigenvalue weighted by Crippen LogP contribution is 2.20. The molecule has 4 nitrogen and oxygen atoms in total. The van der Waals surface area contributed by atoms with Crippen LogP contribution in [0.2, 0.25) is 10.2 Å². The van der Waals surface area contributed by atoms with E-state index in [4.69, 9.17) is 32.7 Å².